The molecule has 0 atom stereocenters. The van der Waals surface area contributed by atoms with Crippen LogP contribution < -0.4 is 0 Å². The third-order valence-corrected chi connectivity index (χ3v) is 2.48. The predicted octanol–water partition coefficient (Wildman–Crippen LogP) is 1.32. The van der Waals surface area contributed by atoms with Crippen molar-refractivity contribution in [3.63, 3.8) is 0 Å². The van der Waals surface area contributed by atoms with Gasteiger partial charge in [0.2, 0.25) is 0 Å². The lowest BCUT2D eigenvalue weighted by Gasteiger charge is -2.40. The molecular formula is C9H16O3. The normalized spacial score (nSPS) is 32.5. The summed E-state index contributed by atoms with van der Waals surface area (Å²) in [6.07, 6.45) is 1.72. The van der Waals surface area contributed by atoms with Gasteiger partial charge in [0.25, 0.3) is 0 Å². The van der Waals surface area contributed by atoms with Crippen molar-refractivity contribution in [2.45, 2.75) is 38.1 Å². The Morgan fingerprint density at radius 3 is 2.17 bits per heavy atom. The molecule has 0 aliphatic carbocycles. The minimum atomic E-state index is -0.318. The Morgan fingerprint density at radius 2 is 1.58 bits per heavy atom. The summed E-state index contributed by atoms with van der Waals surface area (Å²) in [5, 5.41) is 0. The molecule has 0 aromatic carbocycles. The molecule has 2 rings (SSSR count). The van der Waals surface area contributed by atoms with E-state index in [1.807, 2.05) is 0 Å². The van der Waals surface area contributed by atoms with E-state index >= 15 is 0 Å². The van der Waals surface area contributed by atoms with Gasteiger partial charge >= 0.3 is 0 Å². The van der Waals surface area contributed by atoms with Crippen LogP contribution in [0.25, 0.3) is 0 Å². The first kappa shape index (κ1) is 8.48. The van der Waals surface area contributed by atoms with Gasteiger partial charge in [-0.3, -0.25) is 0 Å². The van der Waals surface area contributed by atoms with Crippen molar-refractivity contribution in [1.29, 1.82) is 0 Å². The van der Waals surface area contributed by atoms with Gasteiger partial charge in [0.1, 0.15) is 0 Å². The van der Waals surface area contributed by atoms with Crippen molar-refractivity contribution in [1.82, 2.24) is 0 Å². The molecule has 0 amide bonds. The second-order valence-corrected chi connectivity index (χ2v) is 4.14. The lowest BCUT2D eigenvalue weighted by atomic mass is 9.93. The molecule has 0 aromatic heterocycles. The largest absolute Gasteiger partial charge is 0.375 e. The fourth-order valence-corrected chi connectivity index (χ4v) is 2.01. The smallest absolute Gasteiger partial charge is 0.173 e. The van der Waals surface area contributed by atoms with E-state index in [4.69, 9.17) is 14.2 Å². The van der Waals surface area contributed by atoms with Crippen molar-refractivity contribution < 1.29 is 14.2 Å². The molecule has 2 aliphatic rings. The zero-order valence-corrected chi connectivity index (χ0v) is 7.76. The predicted molar refractivity (Wildman–Crippen MR) is 43.9 cm³/mol. The monoisotopic (exact) mass is 172 g/mol. The summed E-state index contributed by atoms with van der Waals surface area (Å²) in [5.74, 6) is -0.318. The maximum atomic E-state index is 5.61. The van der Waals surface area contributed by atoms with Crippen molar-refractivity contribution >= 4 is 0 Å². The van der Waals surface area contributed by atoms with Crippen LogP contribution in [0.4, 0.5) is 0 Å². The lowest BCUT2D eigenvalue weighted by Crippen LogP contribution is -2.46. The molecule has 1 spiro atoms. The Hall–Kier alpha value is -0.120. The van der Waals surface area contributed by atoms with Crippen molar-refractivity contribution in [3.8, 4) is 0 Å². The Bertz CT molecular complexity index is 171. The summed E-state index contributed by atoms with van der Waals surface area (Å²) in [6, 6.07) is 0. The lowest BCUT2D eigenvalue weighted by molar-refractivity contribution is -0.240. The molecule has 3 nitrogen and oxygen atoms in total. The van der Waals surface area contributed by atoms with E-state index in [-0.39, 0.29) is 11.4 Å². The molecule has 0 radical (unpaired) electrons. The van der Waals surface area contributed by atoms with E-state index in [1.165, 1.54) is 0 Å². The van der Waals surface area contributed by atoms with Crippen LogP contribution in [0.1, 0.15) is 26.7 Å². The number of ether oxygens (including phenoxy) is 3. The fourth-order valence-electron chi connectivity index (χ4n) is 2.01. The second kappa shape index (κ2) is 2.69. The molecule has 70 valence electrons. The maximum Gasteiger partial charge on any atom is 0.173 e. The molecule has 0 N–H and O–H groups in total. The highest BCUT2D eigenvalue weighted by Gasteiger charge is 2.45. The van der Waals surface area contributed by atoms with Gasteiger partial charge in [0, 0.05) is 12.8 Å². The Labute approximate surface area is 73.0 Å². The zero-order chi connectivity index (χ0) is 8.66. The van der Waals surface area contributed by atoms with Gasteiger partial charge in [0.05, 0.1) is 25.4 Å². The number of hydrogen-bond donors (Lipinski definition) is 0. The van der Waals surface area contributed by atoms with E-state index in [2.05, 4.69) is 13.8 Å². The van der Waals surface area contributed by atoms with Crippen LogP contribution in [0.2, 0.25) is 0 Å². The van der Waals surface area contributed by atoms with E-state index < -0.39 is 0 Å². The quantitative estimate of drug-likeness (QED) is 0.551. The minimum Gasteiger partial charge on any atom is -0.375 e. The van der Waals surface area contributed by atoms with Gasteiger partial charge in [-0.2, -0.15) is 0 Å². The third kappa shape index (κ3) is 1.49. The van der Waals surface area contributed by atoms with E-state index in [1.54, 1.807) is 0 Å². The second-order valence-electron chi connectivity index (χ2n) is 4.14. The first-order chi connectivity index (χ1) is 5.62. The van der Waals surface area contributed by atoms with Gasteiger partial charge in [0.15, 0.2) is 5.79 Å². The van der Waals surface area contributed by atoms with Crippen LogP contribution in [0.15, 0.2) is 0 Å². The molecule has 2 saturated heterocycles. The third-order valence-electron chi connectivity index (χ3n) is 2.48. The summed E-state index contributed by atoms with van der Waals surface area (Å²) in [5.41, 5.74) is -0.0947. The Morgan fingerprint density at radius 1 is 0.917 bits per heavy atom. The molecular weight excluding hydrogens is 156 g/mol. The SMILES string of the molecule is CC1(C)CC2(CCO1)OCCO2. The van der Waals surface area contributed by atoms with Crippen LogP contribution >= 0.6 is 0 Å². The van der Waals surface area contributed by atoms with Gasteiger partial charge in [-0.25, -0.2) is 0 Å². The fraction of sp³-hybridized carbons (Fsp3) is 1.00. The summed E-state index contributed by atoms with van der Waals surface area (Å²) in [7, 11) is 0. The average Bonchev–Trinajstić information content (AvgIpc) is 2.34. The number of rotatable bonds is 0. The standard InChI is InChI=1S/C9H16O3/c1-8(2)7-9(3-4-10-8)11-5-6-12-9/h3-7H2,1-2H3. The van der Waals surface area contributed by atoms with Gasteiger partial charge in [-0.1, -0.05) is 0 Å². The van der Waals surface area contributed by atoms with Gasteiger partial charge in [-0.15, -0.1) is 0 Å². The van der Waals surface area contributed by atoms with Crippen molar-refractivity contribution in [2.75, 3.05) is 19.8 Å². The maximum absolute atomic E-state index is 5.61. The Kier molecular flexibility index (Phi) is 1.90. The highest BCUT2D eigenvalue weighted by Crippen LogP contribution is 2.37. The van der Waals surface area contributed by atoms with Gasteiger partial charge in [-0.05, 0) is 13.8 Å². The molecule has 2 aliphatic heterocycles. The highest BCUT2D eigenvalue weighted by molar-refractivity contribution is 4.87. The van der Waals surface area contributed by atoms with E-state index in [0.29, 0.717) is 0 Å². The summed E-state index contributed by atoms with van der Waals surface area (Å²) in [6.45, 7) is 6.37. The summed E-state index contributed by atoms with van der Waals surface area (Å²) < 4.78 is 16.8. The molecule has 12 heavy (non-hydrogen) atoms. The van der Waals surface area contributed by atoms with E-state index in [0.717, 1.165) is 32.7 Å². The number of hydrogen-bond acceptors (Lipinski definition) is 3. The van der Waals surface area contributed by atoms with Crippen LogP contribution in [-0.2, 0) is 14.2 Å². The van der Waals surface area contributed by atoms with Gasteiger partial charge < -0.3 is 14.2 Å². The molecule has 0 aromatic rings. The van der Waals surface area contributed by atoms with Crippen LogP contribution in [-0.4, -0.2) is 31.2 Å². The zero-order valence-electron chi connectivity index (χ0n) is 7.76. The van der Waals surface area contributed by atoms with Crippen LogP contribution in [0, 0.1) is 0 Å². The first-order valence-corrected chi connectivity index (χ1v) is 4.54. The molecule has 2 fully saturated rings. The molecule has 0 bridgehead atoms. The molecule has 0 unspecified atom stereocenters. The van der Waals surface area contributed by atoms with Crippen molar-refractivity contribution in [3.05, 3.63) is 0 Å². The van der Waals surface area contributed by atoms with Crippen LogP contribution in [0.3, 0.4) is 0 Å². The van der Waals surface area contributed by atoms with Crippen molar-refractivity contribution in [2.24, 2.45) is 0 Å². The topological polar surface area (TPSA) is 27.7 Å². The minimum absolute atomic E-state index is 0.0947. The van der Waals surface area contributed by atoms with E-state index in [9.17, 15) is 0 Å². The average molecular weight is 172 g/mol. The summed E-state index contributed by atoms with van der Waals surface area (Å²) >= 11 is 0. The molecule has 3 heteroatoms. The first-order valence-electron chi connectivity index (χ1n) is 4.54. The molecule has 2 heterocycles. The molecule has 0 saturated carbocycles. The highest BCUT2D eigenvalue weighted by atomic mass is 16.7. The van der Waals surface area contributed by atoms with Crippen LogP contribution in [0.5, 0.6) is 0 Å². The summed E-state index contributed by atoms with van der Waals surface area (Å²) in [4.78, 5) is 0. The Balaban J connectivity index is 2.07.